The van der Waals surface area contributed by atoms with Gasteiger partial charge in [0.2, 0.25) is 0 Å². The van der Waals surface area contributed by atoms with Crippen molar-refractivity contribution in [1.82, 2.24) is 0 Å². The molecule has 3 aromatic rings. The van der Waals surface area contributed by atoms with Crippen LogP contribution < -0.4 is 10.6 Å². The number of hydrogen-bond donors (Lipinski definition) is 2. The van der Waals surface area contributed by atoms with Crippen LogP contribution in [0.25, 0.3) is 0 Å². The number of amides is 2. The van der Waals surface area contributed by atoms with Gasteiger partial charge in [-0.1, -0.05) is 18.2 Å². The molecule has 3 rings (SSSR count). The molecule has 0 spiro atoms. The van der Waals surface area contributed by atoms with Gasteiger partial charge in [0.15, 0.2) is 5.76 Å². The molecular formula is C19H15FN2O3. The van der Waals surface area contributed by atoms with Crippen LogP contribution in [0.5, 0.6) is 0 Å². The van der Waals surface area contributed by atoms with Crippen molar-refractivity contribution >= 4 is 23.2 Å². The lowest BCUT2D eigenvalue weighted by molar-refractivity contribution is 0.0996. The number of anilines is 2. The predicted molar refractivity (Wildman–Crippen MR) is 92.2 cm³/mol. The topological polar surface area (TPSA) is 71.3 Å². The summed E-state index contributed by atoms with van der Waals surface area (Å²) in [4.78, 5) is 24.6. The zero-order chi connectivity index (χ0) is 17.8. The molecule has 1 heterocycles. The van der Waals surface area contributed by atoms with E-state index in [0.29, 0.717) is 16.9 Å². The molecule has 0 unspecified atom stereocenters. The molecule has 2 aromatic carbocycles. The average Bonchev–Trinajstić information content (AvgIpc) is 3.13. The Balaban J connectivity index is 1.81. The number of rotatable bonds is 4. The smallest absolute Gasteiger partial charge is 0.291 e. The molecule has 2 amide bonds. The Morgan fingerprint density at radius 2 is 1.76 bits per heavy atom. The van der Waals surface area contributed by atoms with E-state index in [-0.39, 0.29) is 11.3 Å². The number of aryl methyl sites for hydroxylation is 1. The third kappa shape index (κ3) is 3.74. The van der Waals surface area contributed by atoms with Crippen LogP contribution in [0, 0.1) is 12.7 Å². The van der Waals surface area contributed by atoms with E-state index >= 15 is 0 Å². The van der Waals surface area contributed by atoms with E-state index in [0.717, 1.165) is 0 Å². The summed E-state index contributed by atoms with van der Waals surface area (Å²) in [5.41, 5.74) is 1.40. The van der Waals surface area contributed by atoms with E-state index in [1.54, 1.807) is 49.4 Å². The summed E-state index contributed by atoms with van der Waals surface area (Å²) in [6.45, 7) is 1.64. The number of halogens is 1. The lowest BCUT2D eigenvalue weighted by atomic mass is 10.1. The Labute approximate surface area is 143 Å². The zero-order valence-electron chi connectivity index (χ0n) is 13.4. The maximum absolute atomic E-state index is 13.6. The molecule has 0 fully saturated rings. The maximum Gasteiger partial charge on any atom is 0.291 e. The SMILES string of the molecule is Cc1ccc(NC(=O)c2ccccc2NC(=O)c2ccco2)cc1F. The number of benzene rings is 2. The summed E-state index contributed by atoms with van der Waals surface area (Å²) in [5, 5.41) is 5.25. The molecule has 5 nitrogen and oxygen atoms in total. The summed E-state index contributed by atoms with van der Waals surface area (Å²) in [5.74, 6) is -1.20. The van der Waals surface area contributed by atoms with Gasteiger partial charge in [0.25, 0.3) is 11.8 Å². The fourth-order valence-corrected chi connectivity index (χ4v) is 2.25. The molecule has 0 aliphatic carbocycles. The Morgan fingerprint density at radius 1 is 0.960 bits per heavy atom. The van der Waals surface area contributed by atoms with E-state index in [2.05, 4.69) is 10.6 Å². The van der Waals surface area contributed by atoms with Crippen molar-refractivity contribution in [3.63, 3.8) is 0 Å². The van der Waals surface area contributed by atoms with Crippen LogP contribution in [0.4, 0.5) is 15.8 Å². The third-order valence-electron chi connectivity index (χ3n) is 3.59. The minimum absolute atomic E-state index is 0.135. The Hall–Kier alpha value is -3.41. The van der Waals surface area contributed by atoms with Gasteiger partial charge in [-0.3, -0.25) is 9.59 Å². The zero-order valence-corrected chi connectivity index (χ0v) is 13.4. The van der Waals surface area contributed by atoms with Gasteiger partial charge in [-0.05, 0) is 48.9 Å². The first-order valence-corrected chi connectivity index (χ1v) is 7.56. The van der Waals surface area contributed by atoms with Crippen molar-refractivity contribution in [3.8, 4) is 0 Å². The molecule has 0 bridgehead atoms. The van der Waals surface area contributed by atoms with Gasteiger partial charge in [0.05, 0.1) is 17.5 Å². The molecule has 0 atom stereocenters. The van der Waals surface area contributed by atoms with Crippen molar-refractivity contribution in [2.45, 2.75) is 6.92 Å². The normalized spacial score (nSPS) is 10.3. The molecule has 6 heteroatoms. The number of carbonyl (C=O) groups excluding carboxylic acids is 2. The number of nitrogens with one attached hydrogen (secondary N) is 2. The number of carbonyl (C=O) groups is 2. The van der Waals surface area contributed by atoms with Gasteiger partial charge < -0.3 is 15.1 Å². The highest BCUT2D eigenvalue weighted by molar-refractivity contribution is 6.11. The van der Waals surface area contributed by atoms with Gasteiger partial charge in [-0.2, -0.15) is 0 Å². The van der Waals surface area contributed by atoms with Gasteiger partial charge in [0, 0.05) is 5.69 Å². The average molecular weight is 338 g/mol. The van der Waals surface area contributed by atoms with Crippen LogP contribution in [0.1, 0.15) is 26.5 Å². The van der Waals surface area contributed by atoms with Crippen molar-refractivity contribution in [3.05, 3.63) is 83.6 Å². The summed E-state index contributed by atoms with van der Waals surface area (Å²) >= 11 is 0. The number of para-hydroxylation sites is 1. The van der Waals surface area contributed by atoms with Crippen LogP contribution in [0.2, 0.25) is 0 Å². The lowest BCUT2D eigenvalue weighted by Crippen LogP contribution is -2.18. The van der Waals surface area contributed by atoms with E-state index < -0.39 is 17.6 Å². The molecule has 0 aliphatic rings. The van der Waals surface area contributed by atoms with Crippen LogP contribution in [0.15, 0.2) is 65.3 Å². The second-order valence-corrected chi connectivity index (χ2v) is 5.40. The van der Waals surface area contributed by atoms with Gasteiger partial charge in [-0.15, -0.1) is 0 Å². The summed E-state index contributed by atoms with van der Waals surface area (Å²) in [6.07, 6.45) is 1.39. The van der Waals surface area contributed by atoms with Crippen molar-refractivity contribution in [1.29, 1.82) is 0 Å². The molecule has 0 radical (unpaired) electrons. The lowest BCUT2D eigenvalue weighted by Gasteiger charge is -2.11. The molecule has 0 saturated carbocycles. The minimum atomic E-state index is -0.466. The standard InChI is InChI=1S/C19H15FN2O3/c1-12-8-9-13(11-15(12)20)21-18(23)14-5-2-3-6-16(14)22-19(24)17-7-4-10-25-17/h2-11H,1H3,(H,21,23)(H,22,24). The maximum atomic E-state index is 13.6. The Bertz CT molecular complexity index is 920. The molecule has 0 saturated heterocycles. The Kier molecular flexibility index (Phi) is 4.61. The molecule has 25 heavy (non-hydrogen) atoms. The first kappa shape index (κ1) is 16.4. The van der Waals surface area contributed by atoms with Gasteiger partial charge >= 0.3 is 0 Å². The van der Waals surface area contributed by atoms with Crippen LogP contribution >= 0.6 is 0 Å². The van der Waals surface area contributed by atoms with E-state index in [4.69, 9.17) is 4.42 Å². The number of furan rings is 1. The van der Waals surface area contributed by atoms with Crippen molar-refractivity contribution < 1.29 is 18.4 Å². The first-order chi connectivity index (χ1) is 12.0. The highest BCUT2D eigenvalue weighted by Gasteiger charge is 2.15. The first-order valence-electron chi connectivity index (χ1n) is 7.56. The van der Waals surface area contributed by atoms with Crippen molar-refractivity contribution in [2.24, 2.45) is 0 Å². The molecule has 126 valence electrons. The van der Waals surface area contributed by atoms with E-state index in [9.17, 15) is 14.0 Å². The summed E-state index contributed by atoms with van der Waals surface area (Å²) in [6, 6.07) is 14.1. The fraction of sp³-hybridized carbons (Fsp3) is 0.0526. The Morgan fingerprint density at radius 3 is 2.48 bits per heavy atom. The summed E-state index contributed by atoms with van der Waals surface area (Å²) < 4.78 is 18.7. The second-order valence-electron chi connectivity index (χ2n) is 5.40. The molecule has 1 aromatic heterocycles. The largest absolute Gasteiger partial charge is 0.459 e. The van der Waals surface area contributed by atoms with Gasteiger partial charge in [0.1, 0.15) is 5.82 Å². The highest BCUT2D eigenvalue weighted by Crippen LogP contribution is 2.20. The van der Waals surface area contributed by atoms with Gasteiger partial charge in [-0.25, -0.2) is 4.39 Å². The third-order valence-corrected chi connectivity index (χ3v) is 3.59. The van der Waals surface area contributed by atoms with Crippen LogP contribution in [-0.2, 0) is 0 Å². The molecular weight excluding hydrogens is 323 g/mol. The van der Waals surface area contributed by atoms with Crippen LogP contribution in [0.3, 0.4) is 0 Å². The van der Waals surface area contributed by atoms with E-state index in [1.165, 1.54) is 18.4 Å². The second kappa shape index (κ2) is 7.00. The van der Waals surface area contributed by atoms with E-state index in [1.807, 2.05) is 0 Å². The molecule has 2 N–H and O–H groups in total. The fourth-order valence-electron chi connectivity index (χ4n) is 2.25. The highest BCUT2D eigenvalue weighted by atomic mass is 19.1. The summed E-state index contributed by atoms with van der Waals surface area (Å²) in [7, 11) is 0. The minimum Gasteiger partial charge on any atom is -0.459 e. The molecule has 0 aliphatic heterocycles. The monoisotopic (exact) mass is 338 g/mol. The number of hydrogen-bond acceptors (Lipinski definition) is 3. The van der Waals surface area contributed by atoms with Crippen LogP contribution in [-0.4, -0.2) is 11.8 Å². The predicted octanol–water partition coefficient (Wildman–Crippen LogP) is 4.23. The van der Waals surface area contributed by atoms with Crippen molar-refractivity contribution in [2.75, 3.05) is 10.6 Å². The quantitative estimate of drug-likeness (QED) is 0.748.